The van der Waals surface area contributed by atoms with E-state index >= 15 is 0 Å². The van der Waals surface area contributed by atoms with Crippen molar-refractivity contribution >= 4 is 17.6 Å². The molecule has 0 aliphatic rings. The third-order valence-corrected chi connectivity index (χ3v) is 3.04. The molecule has 21 heavy (non-hydrogen) atoms. The number of carboxylic acid groups (broad SMARTS) is 1. The number of hydrogen-bond donors (Lipinski definition) is 1. The van der Waals surface area contributed by atoms with Crippen molar-refractivity contribution in [1.29, 1.82) is 0 Å². The number of aromatic carboxylic acids is 1. The highest BCUT2D eigenvalue weighted by Crippen LogP contribution is 2.24. The maximum atomic E-state index is 11.1. The van der Waals surface area contributed by atoms with Crippen LogP contribution in [0.1, 0.15) is 22.8 Å². The van der Waals surface area contributed by atoms with Gasteiger partial charge >= 0.3 is 5.97 Å². The van der Waals surface area contributed by atoms with E-state index in [0.29, 0.717) is 11.6 Å². The van der Waals surface area contributed by atoms with Crippen LogP contribution in [0.3, 0.4) is 0 Å². The Morgan fingerprint density at radius 3 is 2.48 bits per heavy atom. The number of rotatable bonds is 6. The van der Waals surface area contributed by atoms with Crippen molar-refractivity contribution in [2.24, 2.45) is 0 Å². The monoisotopic (exact) mass is 306 g/mol. The van der Waals surface area contributed by atoms with E-state index < -0.39 is 5.97 Å². The Bertz CT molecular complexity index is 623. The van der Waals surface area contributed by atoms with Crippen molar-refractivity contribution < 1.29 is 19.4 Å². The Balaban J connectivity index is 2.08. The van der Waals surface area contributed by atoms with Crippen LogP contribution in [0.5, 0.6) is 11.5 Å². The molecule has 0 unspecified atom stereocenters. The molecule has 2 rings (SSSR count). The van der Waals surface area contributed by atoms with Gasteiger partial charge in [-0.2, -0.15) is 0 Å². The van der Waals surface area contributed by atoms with E-state index in [2.05, 4.69) is 0 Å². The molecule has 0 radical (unpaired) electrons. The standard InChI is InChI=1S/C16H15ClO4/c1-2-20-13-6-3-11(4-7-13)10-21-15-9-12(17)5-8-14(15)16(18)19/h3-9H,2,10H2,1H3,(H,18,19). The van der Waals surface area contributed by atoms with Gasteiger partial charge in [-0.3, -0.25) is 0 Å². The summed E-state index contributed by atoms with van der Waals surface area (Å²) in [7, 11) is 0. The molecule has 0 aliphatic heterocycles. The van der Waals surface area contributed by atoms with Crippen LogP contribution in [0, 0.1) is 0 Å². The molecular weight excluding hydrogens is 292 g/mol. The molecule has 110 valence electrons. The molecule has 0 spiro atoms. The van der Waals surface area contributed by atoms with Gasteiger partial charge in [0.2, 0.25) is 0 Å². The SMILES string of the molecule is CCOc1ccc(COc2cc(Cl)ccc2C(=O)O)cc1. The summed E-state index contributed by atoms with van der Waals surface area (Å²) in [4.78, 5) is 11.1. The number of benzene rings is 2. The van der Waals surface area contributed by atoms with Gasteiger partial charge in [0.25, 0.3) is 0 Å². The molecule has 0 heterocycles. The summed E-state index contributed by atoms with van der Waals surface area (Å²) in [5.74, 6) is -0.00697. The second-order valence-corrected chi connectivity index (χ2v) is 4.75. The van der Waals surface area contributed by atoms with Gasteiger partial charge in [-0.15, -0.1) is 0 Å². The van der Waals surface area contributed by atoms with Crippen molar-refractivity contribution in [2.75, 3.05) is 6.61 Å². The number of hydrogen-bond acceptors (Lipinski definition) is 3. The van der Waals surface area contributed by atoms with Gasteiger partial charge in [0.15, 0.2) is 0 Å². The molecule has 0 saturated heterocycles. The fraction of sp³-hybridized carbons (Fsp3) is 0.188. The summed E-state index contributed by atoms with van der Waals surface area (Å²) in [6.07, 6.45) is 0. The molecule has 0 saturated carbocycles. The van der Waals surface area contributed by atoms with E-state index in [0.717, 1.165) is 11.3 Å². The molecule has 4 nitrogen and oxygen atoms in total. The zero-order valence-corrected chi connectivity index (χ0v) is 12.3. The molecule has 0 bridgehead atoms. The first-order valence-corrected chi connectivity index (χ1v) is 6.85. The molecule has 2 aromatic carbocycles. The Morgan fingerprint density at radius 1 is 1.14 bits per heavy atom. The fourth-order valence-corrected chi connectivity index (χ4v) is 1.96. The predicted octanol–water partition coefficient (Wildman–Crippen LogP) is 4.02. The van der Waals surface area contributed by atoms with Gasteiger partial charge in [0.05, 0.1) is 6.61 Å². The lowest BCUT2D eigenvalue weighted by molar-refractivity contribution is 0.0692. The Labute approximate surface area is 127 Å². The maximum absolute atomic E-state index is 11.1. The Hall–Kier alpha value is -2.20. The first kappa shape index (κ1) is 15.2. The van der Waals surface area contributed by atoms with Gasteiger partial charge in [-0.25, -0.2) is 4.79 Å². The topological polar surface area (TPSA) is 55.8 Å². The van der Waals surface area contributed by atoms with Gasteiger partial charge in [0, 0.05) is 5.02 Å². The molecule has 5 heteroatoms. The minimum absolute atomic E-state index is 0.0883. The fourth-order valence-electron chi connectivity index (χ4n) is 1.80. The lowest BCUT2D eigenvalue weighted by Crippen LogP contribution is -2.03. The van der Waals surface area contributed by atoms with Crippen molar-refractivity contribution in [3.63, 3.8) is 0 Å². The summed E-state index contributed by atoms with van der Waals surface area (Å²) in [6, 6.07) is 11.9. The van der Waals surface area contributed by atoms with E-state index in [4.69, 9.17) is 26.2 Å². The predicted molar refractivity (Wildman–Crippen MR) is 80.4 cm³/mol. The first-order chi connectivity index (χ1) is 10.1. The van der Waals surface area contributed by atoms with Crippen LogP contribution in [0.25, 0.3) is 0 Å². The van der Waals surface area contributed by atoms with E-state index in [1.807, 2.05) is 31.2 Å². The number of carbonyl (C=O) groups is 1. The molecule has 0 fully saturated rings. The first-order valence-electron chi connectivity index (χ1n) is 6.47. The largest absolute Gasteiger partial charge is 0.494 e. The van der Waals surface area contributed by atoms with Crippen LogP contribution in [0.4, 0.5) is 0 Å². The van der Waals surface area contributed by atoms with Crippen LogP contribution >= 0.6 is 11.6 Å². The van der Waals surface area contributed by atoms with Gasteiger partial charge in [0.1, 0.15) is 23.7 Å². The molecule has 0 atom stereocenters. The van der Waals surface area contributed by atoms with Crippen molar-refractivity contribution in [2.45, 2.75) is 13.5 Å². The number of ether oxygens (including phenoxy) is 2. The minimum atomic E-state index is -1.05. The molecular formula is C16H15ClO4. The maximum Gasteiger partial charge on any atom is 0.339 e. The van der Waals surface area contributed by atoms with Crippen LogP contribution in [-0.4, -0.2) is 17.7 Å². The van der Waals surface area contributed by atoms with Gasteiger partial charge < -0.3 is 14.6 Å². The van der Waals surface area contributed by atoms with Crippen molar-refractivity contribution in [3.8, 4) is 11.5 Å². The van der Waals surface area contributed by atoms with E-state index in [1.165, 1.54) is 18.2 Å². The van der Waals surface area contributed by atoms with E-state index in [9.17, 15) is 4.79 Å². The molecule has 0 aliphatic carbocycles. The average Bonchev–Trinajstić information content (AvgIpc) is 2.46. The number of halogens is 1. The van der Waals surface area contributed by atoms with Crippen LogP contribution < -0.4 is 9.47 Å². The minimum Gasteiger partial charge on any atom is -0.494 e. The molecule has 0 aromatic heterocycles. The average molecular weight is 307 g/mol. The zero-order chi connectivity index (χ0) is 15.2. The third-order valence-electron chi connectivity index (χ3n) is 2.80. The second kappa shape index (κ2) is 6.99. The molecule has 0 amide bonds. The quantitative estimate of drug-likeness (QED) is 0.876. The summed E-state index contributed by atoms with van der Waals surface area (Å²) in [5, 5.41) is 9.54. The van der Waals surface area contributed by atoms with E-state index in [1.54, 1.807) is 0 Å². The second-order valence-electron chi connectivity index (χ2n) is 4.31. The van der Waals surface area contributed by atoms with Crippen LogP contribution in [-0.2, 0) is 6.61 Å². The van der Waals surface area contributed by atoms with Crippen molar-refractivity contribution in [1.82, 2.24) is 0 Å². The highest BCUT2D eigenvalue weighted by atomic mass is 35.5. The molecule has 1 N–H and O–H groups in total. The highest BCUT2D eigenvalue weighted by Gasteiger charge is 2.11. The zero-order valence-electron chi connectivity index (χ0n) is 11.5. The Morgan fingerprint density at radius 2 is 1.86 bits per heavy atom. The smallest absolute Gasteiger partial charge is 0.339 e. The Kier molecular flexibility index (Phi) is 5.06. The van der Waals surface area contributed by atoms with Gasteiger partial charge in [-0.05, 0) is 42.8 Å². The highest BCUT2D eigenvalue weighted by molar-refractivity contribution is 6.30. The third kappa shape index (κ3) is 4.13. The van der Waals surface area contributed by atoms with Crippen LogP contribution in [0.2, 0.25) is 5.02 Å². The summed E-state index contributed by atoms with van der Waals surface area (Å²) in [6.45, 7) is 2.79. The van der Waals surface area contributed by atoms with Crippen molar-refractivity contribution in [3.05, 3.63) is 58.6 Å². The number of carboxylic acids is 1. The van der Waals surface area contributed by atoms with Crippen LogP contribution in [0.15, 0.2) is 42.5 Å². The molecule has 2 aromatic rings. The lowest BCUT2D eigenvalue weighted by Gasteiger charge is -2.10. The summed E-state index contributed by atoms with van der Waals surface area (Å²) in [5.41, 5.74) is 1.00. The van der Waals surface area contributed by atoms with E-state index in [-0.39, 0.29) is 17.9 Å². The lowest BCUT2D eigenvalue weighted by atomic mass is 10.2. The van der Waals surface area contributed by atoms with Gasteiger partial charge in [-0.1, -0.05) is 23.7 Å². The summed E-state index contributed by atoms with van der Waals surface area (Å²) >= 11 is 5.87. The normalized spacial score (nSPS) is 10.2. The summed E-state index contributed by atoms with van der Waals surface area (Å²) < 4.78 is 10.9.